The molecule has 1 saturated carbocycles. The fraction of sp³-hybridized carbons (Fsp3) is 0.588. The molecular formula is C34H43N3O7. The number of hydrogen-bond acceptors (Lipinski definition) is 7. The number of fused-ring (bicyclic) bond motifs is 2. The molecule has 1 aromatic carbocycles. The zero-order chi connectivity index (χ0) is 30.7. The van der Waals surface area contributed by atoms with Crippen LogP contribution in [0.15, 0.2) is 54.6 Å². The summed E-state index contributed by atoms with van der Waals surface area (Å²) in [6.45, 7) is 0.736. The Morgan fingerprint density at radius 2 is 1.77 bits per heavy atom. The van der Waals surface area contributed by atoms with E-state index in [-0.39, 0.29) is 49.9 Å². The van der Waals surface area contributed by atoms with Gasteiger partial charge >= 0.3 is 5.97 Å². The summed E-state index contributed by atoms with van der Waals surface area (Å²) in [6.07, 6.45) is 12.8. The van der Waals surface area contributed by atoms with Gasteiger partial charge in [0.1, 0.15) is 23.7 Å². The monoisotopic (exact) mass is 605 g/mol. The molecule has 2 N–H and O–H groups in total. The van der Waals surface area contributed by atoms with E-state index in [1.54, 1.807) is 11.0 Å². The Morgan fingerprint density at radius 3 is 2.55 bits per heavy atom. The summed E-state index contributed by atoms with van der Waals surface area (Å²) in [4.78, 5) is 59.3. The Morgan fingerprint density at radius 1 is 0.977 bits per heavy atom. The number of carbonyl (C=O) groups is 4. The second-order valence-corrected chi connectivity index (χ2v) is 12.6. The van der Waals surface area contributed by atoms with Gasteiger partial charge in [0.25, 0.3) is 0 Å². The number of ether oxygens (including phenoxy) is 2. The molecule has 1 spiro atoms. The maximum Gasteiger partial charge on any atom is 0.313 e. The molecule has 1 aliphatic carbocycles. The number of likely N-dealkylation sites (tertiary alicyclic amines) is 1. The van der Waals surface area contributed by atoms with Crippen molar-refractivity contribution in [3.05, 3.63) is 60.2 Å². The molecule has 4 heterocycles. The molecule has 10 heteroatoms. The van der Waals surface area contributed by atoms with Crippen LogP contribution < -0.4 is 5.32 Å². The van der Waals surface area contributed by atoms with Gasteiger partial charge in [0.2, 0.25) is 17.7 Å². The van der Waals surface area contributed by atoms with Crippen molar-refractivity contribution >= 4 is 23.7 Å². The van der Waals surface area contributed by atoms with Crippen LogP contribution in [0.2, 0.25) is 0 Å². The summed E-state index contributed by atoms with van der Waals surface area (Å²) < 4.78 is 12.6. The van der Waals surface area contributed by atoms with Crippen molar-refractivity contribution in [2.75, 3.05) is 26.2 Å². The van der Waals surface area contributed by atoms with Crippen LogP contribution in [0.1, 0.15) is 69.5 Å². The number of benzene rings is 1. The van der Waals surface area contributed by atoms with Gasteiger partial charge in [-0.25, -0.2) is 0 Å². The molecule has 0 aromatic heterocycles. The molecule has 44 heavy (non-hydrogen) atoms. The van der Waals surface area contributed by atoms with E-state index in [2.05, 4.69) is 5.32 Å². The summed E-state index contributed by atoms with van der Waals surface area (Å²) in [5, 5.41) is 12.4. The van der Waals surface area contributed by atoms with Crippen LogP contribution in [0.5, 0.6) is 0 Å². The third kappa shape index (κ3) is 5.70. The van der Waals surface area contributed by atoms with Crippen LogP contribution in [0.3, 0.4) is 0 Å². The maximum absolute atomic E-state index is 14.7. The van der Waals surface area contributed by atoms with Gasteiger partial charge in [-0.05, 0) is 37.7 Å². The molecule has 236 valence electrons. The average molecular weight is 606 g/mol. The van der Waals surface area contributed by atoms with E-state index in [1.807, 2.05) is 53.5 Å². The van der Waals surface area contributed by atoms with E-state index in [9.17, 15) is 24.3 Å². The number of aliphatic hydroxyl groups is 1. The molecule has 2 saturated heterocycles. The molecule has 0 unspecified atom stereocenters. The van der Waals surface area contributed by atoms with Crippen molar-refractivity contribution in [2.45, 2.75) is 87.7 Å². The first-order chi connectivity index (χ1) is 21.4. The zero-order valence-corrected chi connectivity index (χ0v) is 25.1. The predicted octanol–water partition coefficient (Wildman–Crippen LogP) is 2.82. The number of aliphatic hydroxyl groups excluding tert-OH is 1. The summed E-state index contributed by atoms with van der Waals surface area (Å²) in [5.41, 5.74) is -0.546. The SMILES string of the molecule is O=C1CC/C=C\CN(C2CCCCC2)C(=O)[C@@H]2N(CCCCO)C(=O)[C@H]3[C@H](C(=O)O[C@H](c4ccccc4)CN1)[C@@H]1C=C[C@]23O1. The number of nitrogens with zero attached hydrogens (tertiary/aromatic N) is 2. The summed E-state index contributed by atoms with van der Waals surface area (Å²) in [5.74, 6) is -3.04. The molecule has 3 amide bonds. The molecule has 1 aromatic rings. The van der Waals surface area contributed by atoms with Crippen molar-refractivity contribution < 1.29 is 33.8 Å². The minimum Gasteiger partial charge on any atom is -0.455 e. The second kappa shape index (κ2) is 13.2. The second-order valence-electron chi connectivity index (χ2n) is 12.6. The zero-order valence-electron chi connectivity index (χ0n) is 25.1. The molecule has 3 fully saturated rings. The fourth-order valence-electron chi connectivity index (χ4n) is 7.75. The minimum atomic E-state index is -1.28. The van der Waals surface area contributed by atoms with Crippen LogP contribution in [0.25, 0.3) is 0 Å². The first kappa shape index (κ1) is 30.5. The van der Waals surface area contributed by atoms with E-state index < -0.39 is 41.7 Å². The van der Waals surface area contributed by atoms with Crippen molar-refractivity contribution in [1.82, 2.24) is 15.1 Å². The van der Waals surface area contributed by atoms with Crippen LogP contribution in [0.4, 0.5) is 0 Å². The lowest BCUT2D eigenvalue weighted by atomic mass is 9.74. The van der Waals surface area contributed by atoms with Crippen molar-refractivity contribution in [2.24, 2.45) is 11.8 Å². The molecular weight excluding hydrogens is 562 g/mol. The highest BCUT2D eigenvalue weighted by Crippen LogP contribution is 2.56. The number of hydrogen-bond donors (Lipinski definition) is 2. The number of cyclic esters (lactones) is 1. The van der Waals surface area contributed by atoms with Crippen LogP contribution in [-0.4, -0.2) is 88.6 Å². The van der Waals surface area contributed by atoms with Gasteiger partial charge in [-0.15, -0.1) is 0 Å². The van der Waals surface area contributed by atoms with Crippen molar-refractivity contribution in [1.29, 1.82) is 0 Å². The van der Waals surface area contributed by atoms with E-state index in [1.165, 1.54) is 0 Å². The summed E-state index contributed by atoms with van der Waals surface area (Å²) >= 11 is 0. The van der Waals surface area contributed by atoms with Crippen LogP contribution in [0, 0.1) is 11.8 Å². The third-order valence-electron chi connectivity index (χ3n) is 9.91. The van der Waals surface area contributed by atoms with Crippen LogP contribution in [-0.2, 0) is 28.7 Å². The number of allylic oxidation sites excluding steroid dienone is 1. The van der Waals surface area contributed by atoms with E-state index >= 15 is 0 Å². The number of rotatable bonds is 6. The molecule has 6 atom stereocenters. The van der Waals surface area contributed by atoms with E-state index in [4.69, 9.17) is 9.47 Å². The third-order valence-corrected chi connectivity index (χ3v) is 9.91. The lowest BCUT2D eigenvalue weighted by molar-refractivity contribution is -0.160. The standard InChI is InChI=1S/C34H43N3O7/c38-21-11-10-20-37-30-32(41)36(24-14-6-2-7-15-24)19-9-3-8-16-27(39)35-22-26(23-12-4-1-5-13-23)43-33(42)28-25-17-18-34(30,44-25)29(28)31(37)40/h1,3-5,9,12-13,17-18,24-26,28-30,38H,2,6-8,10-11,14-16,19-22H2,(H,35,39)/b9-3-/t25-,26-,28+,29+,30-,34+/m0/s1. The number of carbonyl (C=O) groups excluding carboxylic acids is 4. The quantitative estimate of drug-likeness (QED) is 0.290. The molecule has 4 aliphatic heterocycles. The highest BCUT2D eigenvalue weighted by atomic mass is 16.6. The predicted molar refractivity (Wildman–Crippen MR) is 161 cm³/mol. The van der Waals surface area contributed by atoms with Gasteiger partial charge in [-0.3, -0.25) is 19.2 Å². The van der Waals surface area contributed by atoms with Gasteiger partial charge < -0.3 is 29.7 Å². The topological polar surface area (TPSA) is 125 Å². The van der Waals surface area contributed by atoms with Gasteiger partial charge in [0.15, 0.2) is 0 Å². The van der Waals surface area contributed by atoms with E-state index in [0.29, 0.717) is 25.8 Å². The molecule has 5 aliphatic rings. The summed E-state index contributed by atoms with van der Waals surface area (Å²) in [6, 6.07) is 8.34. The Labute approximate surface area is 258 Å². The van der Waals surface area contributed by atoms with Crippen LogP contribution >= 0.6 is 0 Å². The van der Waals surface area contributed by atoms with Gasteiger partial charge in [0, 0.05) is 32.2 Å². The number of unbranched alkanes of at least 4 members (excludes halogenated alkanes) is 1. The lowest BCUT2D eigenvalue weighted by Crippen LogP contribution is -2.58. The fourth-order valence-corrected chi connectivity index (χ4v) is 7.75. The molecule has 6 rings (SSSR count). The average Bonchev–Trinajstić information content (AvgIpc) is 3.68. The highest BCUT2D eigenvalue weighted by molar-refractivity contribution is 5.99. The van der Waals surface area contributed by atoms with Crippen molar-refractivity contribution in [3.8, 4) is 0 Å². The first-order valence-electron chi connectivity index (χ1n) is 16.2. The molecule has 5 bridgehead atoms. The number of esters is 1. The highest BCUT2D eigenvalue weighted by Gasteiger charge is 2.73. The molecule has 0 radical (unpaired) electrons. The van der Waals surface area contributed by atoms with Gasteiger partial charge in [-0.2, -0.15) is 0 Å². The van der Waals surface area contributed by atoms with E-state index in [0.717, 1.165) is 37.7 Å². The first-order valence-corrected chi connectivity index (χ1v) is 16.2. The van der Waals surface area contributed by atoms with Crippen molar-refractivity contribution in [3.63, 3.8) is 0 Å². The normalized spacial score (nSPS) is 33.8. The smallest absolute Gasteiger partial charge is 0.313 e. The van der Waals surface area contributed by atoms with Gasteiger partial charge in [0.05, 0.1) is 18.6 Å². The largest absolute Gasteiger partial charge is 0.455 e. The Hall–Kier alpha value is -3.50. The lowest BCUT2D eigenvalue weighted by Gasteiger charge is -2.40. The number of nitrogens with one attached hydrogen (secondary N) is 1. The number of amides is 3. The Kier molecular flexibility index (Phi) is 9.18. The summed E-state index contributed by atoms with van der Waals surface area (Å²) in [7, 11) is 0. The maximum atomic E-state index is 14.7. The van der Waals surface area contributed by atoms with Gasteiger partial charge in [-0.1, -0.05) is 73.9 Å². The Balaban J connectivity index is 1.39. The Bertz CT molecular complexity index is 1290. The molecule has 10 nitrogen and oxygen atoms in total. The minimum absolute atomic E-state index is 0.0148.